The zero-order chi connectivity index (χ0) is 12.8. The smallest absolute Gasteiger partial charge is 0.231 e. The summed E-state index contributed by atoms with van der Waals surface area (Å²) in [6, 6.07) is 3.68. The van der Waals surface area contributed by atoms with Gasteiger partial charge in [-0.3, -0.25) is 0 Å². The van der Waals surface area contributed by atoms with Gasteiger partial charge in [0.15, 0.2) is 0 Å². The van der Waals surface area contributed by atoms with Gasteiger partial charge in [0, 0.05) is 0 Å². The SMILES string of the molecule is N#Cc1cc(N)cnc1OCC1CCCCCC1. The summed E-state index contributed by atoms with van der Waals surface area (Å²) < 4.78 is 5.69. The predicted octanol–water partition coefficient (Wildman–Crippen LogP) is 2.88. The molecule has 1 aliphatic rings. The van der Waals surface area contributed by atoms with Crippen LogP contribution in [0.5, 0.6) is 5.88 Å². The van der Waals surface area contributed by atoms with Crippen LogP contribution >= 0.6 is 0 Å². The number of nitriles is 1. The summed E-state index contributed by atoms with van der Waals surface area (Å²) in [5.74, 6) is 1.01. The third-order valence-corrected chi connectivity index (χ3v) is 3.42. The highest BCUT2D eigenvalue weighted by Crippen LogP contribution is 2.24. The fourth-order valence-corrected chi connectivity index (χ4v) is 2.39. The van der Waals surface area contributed by atoms with E-state index < -0.39 is 0 Å². The number of nitrogen functional groups attached to an aromatic ring is 1. The predicted molar refractivity (Wildman–Crippen MR) is 70.1 cm³/mol. The molecule has 2 N–H and O–H groups in total. The number of aromatic nitrogens is 1. The maximum Gasteiger partial charge on any atom is 0.231 e. The van der Waals surface area contributed by atoms with E-state index in [1.807, 2.05) is 0 Å². The van der Waals surface area contributed by atoms with Crippen LogP contribution in [0.25, 0.3) is 0 Å². The van der Waals surface area contributed by atoms with Gasteiger partial charge in [0.05, 0.1) is 18.5 Å². The zero-order valence-corrected chi connectivity index (χ0v) is 10.6. The molecule has 2 rings (SSSR count). The van der Waals surface area contributed by atoms with Crippen molar-refractivity contribution in [2.45, 2.75) is 38.5 Å². The molecule has 4 heteroatoms. The van der Waals surface area contributed by atoms with E-state index in [0.29, 0.717) is 29.7 Å². The molecule has 1 saturated carbocycles. The Bertz CT molecular complexity index is 431. The minimum absolute atomic E-state index is 0.413. The number of nitrogens with two attached hydrogens (primary N) is 1. The second kappa shape index (κ2) is 6.25. The lowest BCUT2D eigenvalue weighted by molar-refractivity contribution is 0.225. The molecule has 1 heterocycles. The fraction of sp³-hybridized carbons (Fsp3) is 0.571. The second-order valence-electron chi connectivity index (χ2n) is 4.90. The standard InChI is InChI=1S/C14H19N3O/c15-8-12-7-13(16)9-17-14(12)18-10-11-5-3-1-2-4-6-11/h7,9,11H,1-6,10,16H2. The number of hydrogen-bond acceptors (Lipinski definition) is 4. The van der Waals surface area contributed by atoms with Crippen LogP contribution in [0.4, 0.5) is 5.69 Å². The first kappa shape index (κ1) is 12.7. The molecule has 1 aromatic rings. The Hall–Kier alpha value is -1.76. The van der Waals surface area contributed by atoms with Crippen LogP contribution in [0.15, 0.2) is 12.3 Å². The number of pyridine rings is 1. The van der Waals surface area contributed by atoms with Crippen molar-refractivity contribution in [1.29, 1.82) is 5.26 Å². The first-order chi connectivity index (χ1) is 8.79. The average molecular weight is 245 g/mol. The number of hydrogen-bond donors (Lipinski definition) is 1. The normalized spacial score (nSPS) is 16.8. The van der Waals surface area contributed by atoms with Crippen LogP contribution < -0.4 is 10.5 Å². The Morgan fingerprint density at radius 1 is 1.33 bits per heavy atom. The summed E-state index contributed by atoms with van der Waals surface area (Å²) >= 11 is 0. The highest BCUT2D eigenvalue weighted by molar-refractivity contribution is 5.48. The van der Waals surface area contributed by atoms with Crippen LogP contribution in [0.3, 0.4) is 0 Å². The summed E-state index contributed by atoms with van der Waals surface area (Å²) in [5.41, 5.74) is 6.51. The monoisotopic (exact) mass is 245 g/mol. The average Bonchev–Trinajstić information content (AvgIpc) is 2.65. The van der Waals surface area contributed by atoms with Gasteiger partial charge in [0.1, 0.15) is 11.6 Å². The van der Waals surface area contributed by atoms with Gasteiger partial charge < -0.3 is 10.5 Å². The Kier molecular flexibility index (Phi) is 4.40. The summed E-state index contributed by atoms with van der Waals surface area (Å²) in [4.78, 5) is 4.09. The first-order valence-corrected chi connectivity index (χ1v) is 6.58. The molecule has 0 atom stereocenters. The van der Waals surface area contributed by atoms with Gasteiger partial charge in [0.25, 0.3) is 0 Å². The summed E-state index contributed by atoms with van der Waals surface area (Å²) in [6.07, 6.45) is 9.21. The van der Waals surface area contributed by atoms with Crippen molar-refractivity contribution in [2.24, 2.45) is 5.92 Å². The Morgan fingerprint density at radius 2 is 2.06 bits per heavy atom. The lowest BCUT2D eigenvalue weighted by Crippen LogP contribution is -2.12. The van der Waals surface area contributed by atoms with Gasteiger partial charge in [0.2, 0.25) is 5.88 Å². The quantitative estimate of drug-likeness (QED) is 0.831. The molecule has 0 aliphatic heterocycles. The highest BCUT2D eigenvalue weighted by atomic mass is 16.5. The van der Waals surface area contributed by atoms with Crippen molar-refractivity contribution >= 4 is 5.69 Å². The molecule has 1 aliphatic carbocycles. The molecule has 0 unspecified atom stereocenters. The maximum atomic E-state index is 9.00. The molecule has 1 fully saturated rings. The number of rotatable bonds is 3. The van der Waals surface area contributed by atoms with Crippen LogP contribution in [0.1, 0.15) is 44.1 Å². The number of ether oxygens (including phenoxy) is 1. The van der Waals surface area contributed by atoms with E-state index in [0.717, 1.165) is 0 Å². The Morgan fingerprint density at radius 3 is 2.72 bits per heavy atom. The molecule has 0 radical (unpaired) electrons. The Balaban J connectivity index is 1.95. The van der Waals surface area contributed by atoms with E-state index in [2.05, 4.69) is 11.1 Å². The van der Waals surface area contributed by atoms with Crippen LogP contribution in [-0.2, 0) is 0 Å². The molecule has 0 amide bonds. The summed E-state index contributed by atoms with van der Waals surface area (Å²) in [5, 5.41) is 9.00. The Labute approximate surface area is 108 Å². The largest absolute Gasteiger partial charge is 0.476 e. The maximum absolute atomic E-state index is 9.00. The van der Waals surface area contributed by atoms with E-state index in [-0.39, 0.29) is 0 Å². The zero-order valence-electron chi connectivity index (χ0n) is 10.6. The minimum Gasteiger partial charge on any atom is -0.476 e. The minimum atomic E-state index is 0.413. The molecular weight excluding hydrogens is 226 g/mol. The van der Waals surface area contributed by atoms with Crippen molar-refractivity contribution in [3.05, 3.63) is 17.8 Å². The van der Waals surface area contributed by atoms with Crippen LogP contribution in [0, 0.1) is 17.2 Å². The van der Waals surface area contributed by atoms with E-state index in [4.69, 9.17) is 15.7 Å². The fourth-order valence-electron chi connectivity index (χ4n) is 2.39. The van der Waals surface area contributed by atoms with Gasteiger partial charge in [-0.2, -0.15) is 5.26 Å². The van der Waals surface area contributed by atoms with E-state index in [1.165, 1.54) is 44.7 Å². The van der Waals surface area contributed by atoms with Crippen molar-refractivity contribution in [1.82, 2.24) is 4.98 Å². The van der Waals surface area contributed by atoms with Crippen LogP contribution in [0.2, 0.25) is 0 Å². The summed E-state index contributed by atoms with van der Waals surface area (Å²) in [7, 11) is 0. The van der Waals surface area contributed by atoms with Gasteiger partial charge in [-0.1, -0.05) is 25.7 Å². The van der Waals surface area contributed by atoms with Crippen molar-refractivity contribution < 1.29 is 4.74 Å². The molecule has 0 bridgehead atoms. The molecule has 0 saturated heterocycles. The van der Waals surface area contributed by atoms with E-state index >= 15 is 0 Å². The highest BCUT2D eigenvalue weighted by Gasteiger charge is 2.14. The molecule has 96 valence electrons. The van der Waals surface area contributed by atoms with Gasteiger partial charge in [-0.05, 0) is 24.8 Å². The van der Waals surface area contributed by atoms with Gasteiger partial charge in [-0.15, -0.1) is 0 Å². The lowest BCUT2D eigenvalue weighted by atomic mass is 10.0. The molecule has 1 aromatic heterocycles. The van der Waals surface area contributed by atoms with Gasteiger partial charge >= 0.3 is 0 Å². The molecule has 0 spiro atoms. The number of anilines is 1. The first-order valence-electron chi connectivity index (χ1n) is 6.58. The second-order valence-corrected chi connectivity index (χ2v) is 4.90. The summed E-state index contributed by atoms with van der Waals surface area (Å²) in [6.45, 7) is 0.658. The van der Waals surface area contributed by atoms with E-state index in [1.54, 1.807) is 6.07 Å². The van der Waals surface area contributed by atoms with Crippen LogP contribution in [-0.4, -0.2) is 11.6 Å². The van der Waals surface area contributed by atoms with Crippen molar-refractivity contribution in [2.75, 3.05) is 12.3 Å². The van der Waals surface area contributed by atoms with Gasteiger partial charge in [-0.25, -0.2) is 4.98 Å². The molecule has 18 heavy (non-hydrogen) atoms. The van der Waals surface area contributed by atoms with Crippen molar-refractivity contribution in [3.8, 4) is 11.9 Å². The molecular formula is C14H19N3O. The lowest BCUT2D eigenvalue weighted by Gasteiger charge is -2.15. The number of nitrogens with zero attached hydrogens (tertiary/aromatic N) is 2. The van der Waals surface area contributed by atoms with E-state index in [9.17, 15) is 0 Å². The third kappa shape index (κ3) is 3.36. The third-order valence-electron chi connectivity index (χ3n) is 3.42. The molecule has 0 aromatic carbocycles. The topological polar surface area (TPSA) is 71.9 Å². The van der Waals surface area contributed by atoms with Crippen molar-refractivity contribution in [3.63, 3.8) is 0 Å². The molecule has 4 nitrogen and oxygen atoms in total.